The Balaban J connectivity index is 0.000000250. The van der Waals surface area contributed by atoms with Gasteiger partial charge in [0.15, 0.2) is 0 Å². The Morgan fingerprint density at radius 1 is 0.774 bits per heavy atom. The second-order valence-electron chi connectivity index (χ2n) is 13.0. The quantitative estimate of drug-likeness (QED) is 0.0470. The number of aromatic nitrogens is 2. The molecule has 7 rings (SSSR count). The number of esters is 1. The number of rotatable bonds is 12. The number of nitrogens with one attached hydrogen (secondary N) is 4. The van der Waals surface area contributed by atoms with Crippen LogP contribution in [-0.2, 0) is 25.0 Å². The van der Waals surface area contributed by atoms with Crippen LogP contribution in [0.3, 0.4) is 0 Å². The van der Waals surface area contributed by atoms with Crippen LogP contribution in [0.15, 0.2) is 101 Å². The van der Waals surface area contributed by atoms with Gasteiger partial charge >= 0.3 is 16.1 Å². The zero-order valence-corrected chi connectivity index (χ0v) is 30.9. The molecule has 280 valence electrons. The third kappa shape index (κ3) is 10.3. The highest BCUT2D eigenvalue weighted by molar-refractivity contribution is 7.87. The van der Waals surface area contributed by atoms with Gasteiger partial charge in [-0.1, -0.05) is 31.7 Å². The van der Waals surface area contributed by atoms with Crippen molar-refractivity contribution in [2.24, 2.45) is 0 Å². The molecule has 2 saturated carbocycles. The number of aromatic amines is 1. The number of ether oxygens (including phenoxy) is 1. The topological polar surface area (TPSA) is 189 Å². The number of hydrogen-bond acceptors (Lipinski definition) is 11. The van der Waals surface area contributed by atoms with E-state index < -0.39 is 26.2 Å². The molecule has 0 spiro atoms. The van der Waals surface area contributed by atoms with Gasteiger partial charge in [0.1, 0.15) is 10.6 Å². The molecular formula is C38H43N5O8S2. The Morgan fingerprint density at radius 2 is 1.36 bits per heavy atom. The van der Waals surface area contributed by atoms with E-state index in [1.165, 1.54) is 50.7 Å². The van der Waals surface area contributed by atoms with Gasteiger partial charge < -0.3 is 29.9 Å². The van der Waals surface area contributed by atoms with Crippen LogP contribution in [0.25, 0.3) is 11.0 Å². The van der Waals surface area contributed by atoms with E-state index in [1.54, 1.807) is 85.8 Å². The normalized spacial score (nSPS) is 15.1. The van der Waals surface area contributed by atoms with E-state index in [2.05, 4.69) is 25.9 Å². The van der Waals surface area contributed by atoms with Crippen LogP contribution in [0, 0.1) is 0 Å². The minimum Gasteiger partial charge on any atom is -0.462 e. The third-order valence-corrected chi connectivity index (χ3v) is 11.2. The molecule has 2 aliphatic carbocycles. The average molecular weight is 762 g/mol. The number of carbonyl (C=O) groups excluding carboxylic acids is 1. The van der Waals surface area contributed by atoms with Gasteiger partial charge in [0.05, 0.1) is 28.1 Å². The van der Waals surface area contributed by atoms with Crippen molar-refractivity contribution in [2.75, 3.05) is 22.6 Å². The maximum Gasteiger partial charge on any atom is 0.339 e. The second-order valence-corrected chi connectivity index (χ2v) is 16.0. The molecule has 5 N–H and O–H groups in total. The standard InChI is InChI=1S/C27H28N4O5S.C11H15NO3S/c1-2-35-26(32)18-6-5-9-21(16-18)29-27-30-24-15-12-22(17-25(24)31-27)36-37(33,34)23-13-10-20(11-14-23)28-19-7-3-4-8-19;13-16(14,15)11-7-5-10(6-8-11)12-9-3-1-2-4-9/h5-6,9-17,19,28H,2-4,7-8H2,1H3,(H2,29,30,31);5-9,12H,1-4H2,(H,13,14,15). The third-order valence-electron chi connectivity index (χ3n) is 9.04. The van der Waals surface area contributed by atoms with Crippen LogP contribution in [0.2, 0.25) is 0 Å². The van der Waals surface area contributed by atoms with Crippen LogP contribution in [0.4, 0.5) is 23.0 Å². The van der Waals surface area contributed by atoms with Crippen molar-refractivity contribution in [3.05, 3.63) is 96.6 Å². The highest BCUT2D eigenvalue weighted by atomic mass is 32.2. The molecule has 1 aromatic heterocycles. The molecule has 4 aromatic carbocycles. The Kier molecular flexibility index (Phi) is 11.9. The van der Waals surface area contributed by atoms with Crippen molar-refractivity contribution in [1.82, 2.24) is 9.97 Å². The molecule has 2 fully saturated rings. The molecule has 0 amide bonds. The summed E-state index contributed by atoms with van der Waals surface area (Å²) in [7, 11) is -8.08. The summed E-state index contributed by atoms with van der Waals surface area (Å²) in [5.74, 6) is 0.194. The molecule has 13 nitrogen and oxygen atoms in total. The Morgan fingerprint density at radius 3 is 1.92 bits per heavy atom. The van der Waals surface area contributed by atoms with E-state index in [9.17, 15) is 21.6 Å². The highest BCUT2D eigenvalue weighted by Gasteiger charge is 2.19. The van der Waals surface area contributed by atoms with Gasteiger partial charge in [-0.25, -0.2) is 9.78 Å². The molecule has 2 aliphatic rings. The summed E-state index contributed by atoms with van der Waals surface area (Å²) in [5, 5.41) is 9.91. The maximum atomic E-state index is 12.9. The highest BCUT2D eigenvalue weighted by Crippen LogP contribution is 2.28. The first-order valence-electron chi connectivity index (χ1n) is 17.6. The number of fused-ring (bicyclic) bond motifs is 1. The maximum absolute atomic E-state index is 12.9. The Labute approximate surface area is 309 Å². The summed E-state index contributed by atoms with van der Waals surface area (Å²) in [6, 6.07) is 25.4. The second kappa shape index (κ2) is 16.7. The number of nitrogens with zero attached hydrogens (tertiary/aromatic N) is 1. The molecule has 0 aliphatic heterocycles. The summed E-state index contributed by atoms with van der Waals surface area (Å²) in [4.78, 5) is 19.6. The number of hydrogen-bond donors (Lipinski definition) is 5. The lowest BCUT2D eigenvalue weighted by Gasteiger charge is -2.14. The molecule has 1 heterocycles. The van der Waals surface area contributed by atoms with Crippen LogP contribution >= 0.6 is 0 Å². The number of imidazole rings is 1. The molecule has 0 atom stereocenters. The molecule has 0 bridgehead atoms. The van der Waals surface area contributed by atoms with Crippen LogP contribution in [0.1, 0.15) is 68.6 Å². The van der Waals surface area contributed by atoms with E-state index in [4.69, 9.17) is 13.5 Å². The smallest absolute Gasteiger partial charge is 0.339 e. The van der Waals surface area contributed by atoms with Crippen molar-refractivity contribution in [2.45, 2.75) is 80.2 Å². The zero-order valence-electron chi connectivity index (χ0n) is 29.2. The molecule has 0 saturated heterocycles. The monoisotopic (exact) mass is 761 g/mol. The average Bonchev–Trinajstić information content (AvgIpc) is 3.92. The predicted octanol–water partition coefficient (Wildman–Crippen LogP) is 7.89. The van der Waals surface area contributed by atoms with E-state index in [1.807, 2.05) is 0 Å². The zero-order chi connectivity index (χ0) is 37.4. The SMILES string of the molecule is CCOC(=O)c1cccc(Nc2nc3ccc(OS(=O)(=O)c4ccc(NC5CCCC5)cc4)cc3[nH]2)c1.O=S(=O)(O)c1ccc(NC2CCCC2)cc1. The van der Waals surface area contributed by atoms with E-state index >= 15 is 0 Å². The fourth-order valence-electron chi connectivity index (χ4n) is 6.40. The lowest BCUT2D eigenvalue weighted by atomic mass is 10.2. The van der Waals surface area contributed by atoms with Gasteiger partial charge in [0, 0.05) is 35.2 Å². The lowest BCUT2D eigenvalue weighted by molar-refractivity contribution is 0.0526. The van der Waals surface area contributed by atoms with Gasteiger partial charge in [-0.3, -0.25) is 4.55 Å². The largest absolute Gasteiger partial charge is 0.462 e. The lowest BCUT2D eigenvalue weighted by Crippen LogP contribution is -2.14. The van der Waals surface area contributed by atoms with Crippen molar-refractivity contribution in [3.63, 3.8) is 0 Å². The summed E-state index contributed by atoms with van der Waals surface area (Å²) in [6.07, 6.45) is 9.55. The van der Waals surface area contributed by atoms with Crippen LogP contribution in [-0.4, -0.2) is 56.0 Å². The van der Waals surface area contributed by atoms with Gasteiger partial charge in [-0.15, -0.1) is 0 Å². The summed E-state index contributed by atoms with van der Waals surface area (Å²) in [6.45, 7) is 2.05. The Hall–Kier alpha value is -5.12. The summed E-state index contributed by atoms with van der Waals surface area (Å²) < 4.78 is 66.6. The minimum atomic E-state index is -4.07. The van der Waals surface area contributed by atoms with Crippen molar-refractivity contribution >= 4 is 60.2 Å². The van der Waals surface area contributed by atoms with Crippen LogP contribution in [0.5, 0.6) is 5.75 Å². The predicted molar refractivity (Wildman–Crippen MR) is 204 cm³/mol. The first kappa shape index (κ1) is 37.6. The first-order chi connectivity index (χ1) is 25.4. The van der Waals surface area contributed by atoms with Crippen molar-refractivity contribution in [3.8, 4) is 5.75 Å². The van der Waals surface area contributed by atoms with Crippen molar-refractivity contribution < 1.29 is 35.1 Å². The van der Waals surface area contributed by atoms with Crippen molar-refractivity contribution in [1.29, 1.82) is 0 Å². The first-order valence-corrected chi connectivity index (χ1v) is 20.5. The Bertz CT molecular complexity index is 2230. The number of H-pyrrole nitrogens is 1. The number of benzene rings is 4. The molecule has 0 unspecified atom stereocenters. The summed E-state index contributed by atoms with van der Waals surface area (Å²) in [5.41, 5.74) is 4.08. The fraction of sp³-hybridized carbons (Fsp3) is 0.316. The van der Waals surface area contributed by atoms with E-state index in [0.717, 1.165) is 24.2 Å². The molecule has 5 aromatic rings. The van der Waals surface area contributed by atoms with Crippen LogP contribution < -0.4 is 20.1 Å². The van der Waals surface area contributed by atoms with Gasteiger partial charge in [-0.05, 0) is 111 Å². The van der Waals surface area contributed by atoms with E-state index in [-0.39, 0.29) is 15.5 Å². The molecule has 53 heavy (non-hydrogen) atoms. The van der Waals surface area contributed by atoms with Gasteiger partial charge in [-0.2, -0.15) is 16.8 Å². The molecular weight excluding hydrogens is 719 g/mol. The van der Waals surface area contributed by atoms with E-state index in [0.29, 0.717) is 46.9 Å². The number of carbonyl (C=O) groups is 1. The molecule has 15 heteroatoms. The minimum absolute atomic E-state index is 0.0653. The number of anilines is 4. The summed E-state index contributed by atoms with van der Waals surface area (Å²) >= 11 is 0. The fourth-order valence-corrected chi connectivity index (χ4v) is 7.80. The molecule has 0 radical (unpaired) electrons. The van der Waals surface area contributed by atoms with Gasteiger partial charge in [0.25, 0.3) is 10.1 Å². The van der Waals surface area contributed by atoms with Gasteiger partial charge in [0.2, 0.25) is 5.95 Å².